The molecule has 1 unspecified atom stereocenters. The van der Waals surface area contributed by atoms with E-state index in [9.17, 15) is 9.59 Å². The van der Waals surface area contributed by atoms with Gasteiger partial charge in [-0.2, -0.15) is 0 Å². The third-order valence-corrected chi connectivity index (χ3v) is 6.41. The molecular formula is C28H30N2O4. The summed E-state index contributed by atoms with van der Waals surface area (Å²) in [7, 11) is 1.63. The summed E-state index contributed by atoms with van der Waals surface area (Å²) in [6.45, 7) is 5.21. The largest absolute Gasteiger partial charge is 0.493 e. The van der Waals surface area contributed by atoms with Gasteiger partial charge in [0.05, 0.1) is 19.8 Å². The SMILES string of the molecule is COc1cc2c(cc1OCCc1cccc(C(N)=O)c1)C(c1ccc(C)cc1C)N(C=O)CC2. The second-order valence-corrected chi connectivity index (χ2v) is 8.72. The summed E-state index contributed by atoms with van der Waals surface area (Å²) in [5.41, 5.74) is 12.5. The highest BCUT2D eigenvalue weighted by molar-refractivity contribution is 5.92. The minimum Gasteiger partial charge on any atom is -0.493 e. The zero-order valence-corrected chi connectivity index (χ0v) is 19.8. The van der Waals surface area contributed by atoms with Crippen LogP contribution in [0.1, 0.15) is 49.8 Å². The molecule has 0 saturated heterocycles. The fraction of sp³-hybridized carbons (Fsp3) is 0.286. The third kappa shape index (κ3) is 4.76. The average Bonchev–Trinajstić information content (AvgIpc) is 2.83. The van der Waals surface area contributed by atoms with Crippen molar-refractivity contribution in [1.82, 2.24) is 4.90 Å². The second kappa shape index (κ2) is 10.00. The van der Waals surface area contributed by atoms with E-state index < -0.39 is 5.91 Å². The Labute approximate surface area is 200 Å². The summed E-state index contributed by atoms with van der Waals surface area (Å²) >= 11 is 0. The second-order valence-electron chi connectivity index (χ2n) is 8.72. The number of carbonyl (C=O) groups excluding carboxylic acids is 2. The fourth-order valence-corrected chi connectivity index (χ4v) is 4.67. The van der Waals surface area contributed by atoms with Crippen LogP contribution in [0, 0.1) is 13.8 Å². The third-order valence-electron chi connectivity index (χ3n) is 6.41. The van der Waals surface area contributed by atoms with Crippen molar-refractivity contribution in [2.75, 3.05) is 20.3 Å². The van der Waals surface area contributed by atoms with Gasteiger partial charge < -0.3 is 20.1 Å². The van der Waals surface area contributed by atoms with E-state index in [-0.39, 0.29) is 6.04 Å². The summed E-state index contributed by atoms with van der Waals surface area (Å²) in [4.78, 5) is 25.3. The minimum absolute atomic E-state index is 0.178. The topological polar surface area (TPSA) is 81.9 Å². The van der Waals surface area contributed by atoms with Crippen molar-refractivity contribution in [3.63, 3.8) is 0 Å². The standard InChI is InChI=1S/C28H30N2O4/c1-18-7-8-23(19(2)13-18)27-24-16-26(25(33-3)15-21(24)9-11-30(27)17-31)34-12-10-20-5-4-6-22(14-20)28(29)32/h4-8,13-17,27H,9-12H2,1-3H3,(H2,29,32). The van der Waals surface area contributed by atoms with Gasteiger partial charge in [0.1, 0.15) is 0 Å². The molecule has 2 amide bonds. The maximum absolute atomic E-state index is 12.0. The molecule has 6 heteroatoms. The van der Waals surface area contributed by atoms with Crippen LogP contribution in [0.3, 0.4) is 0 Å². The van der Waals surface area contributed by atoms with Gasteiger partial charge in [-0.05, 0) is 72.4 Å². The van der Waals surface area contributed by atoms with Gasteiger partial charge in [0, 0.05) is 18.5 Å². The van der Waals surface area contributed by atoms with Crippen molar-refractivity contribution in [1.29, 1.82) is 0 Å². The molecule has 1 aliphatic rings. The Morgan fingerprint density at radius 1 is 1.09 bits per heavy atom. The Morgan fingerprint density at radius 2 is 1.91 bits per heavy atom. The molecule has 34 heavy (non-hydrogen) atoms. The number of hydrogen-bond donors (Lipinski definition) is 1. The summed E-state index contributed by atoms with van der Waals surface area (Å²) in [5, 5.41) is 0. The number of primary amides is 1. The first-order valence-electron chi connectivity index (χ1n) is 11.4. The van der Waals surface area contributed by atoms with E-state index in [1.54, 1.807) is 19.2 Å². The highest BCUT2D eigenvalue weighted by atomic mass is 16.5. The number of amides is 2. The highest BCUT2D eigenvalue weighted by Crippen LogP contribution is 2.41. The van der Waals surface area contributed by atoms with Gasteiger partial charge in [-0.3, -0.25) is 9.59 Å². The lowest BCUT2D eigenvalue weighted by molar-refractivity contribution is -0.119. The van der Waals surface area contributed by atoms with Crippen LogP contribution in [0.2, 0.25) is 0 Å². The average molecular weight is 459 g/mol. The number of methoxy groups -OCH3 is 1. The Bertz CT molecular complexity index is 1220. The molecular weight excluding hydrogens is 428 g/mol. The van der Waals surface area contributed by atoms with E-state index in [1.165, 1.54) is 5.56 Å². The van der Waals surface area contributed by atoms with E-state index >= 15 is 0 Å². The Kier molecular flexibility index (Phi) is 6.87. The quantitative estimate of drug-likeness (QED) is 0.515. The predicted molar refractivity (Wildman–Crippen MR) is 131 cm³/mol. The van der Waals surface area contributed by atoms with Crippen molar-refractivity contribution >= 4 is 12.3 Å². The van der Waals surface area contributed by atoms with Crippen molar-refractivity contribution in [2.45, 2.75) is 32.7 Å². The first-order chi connectivity index (χ1) is 16.4. The molecule has 1 aliphatic heterocycles. The van der Waals surface area contributed by atoms with E-state index in [0.717, 1.165) is 40.6 Å². The van der Waals surface area contributed by atoms with Crippen molar-refractivity contribution in [2.24, 2.45) is 5.73 Å². The van der Waals surface area contributed by atoms with Crippen molar-refractivity contribution in [3.8, 4) is 11.5 Å². The van der Waals surface area contributed by atoms with Crippen molar-refractivity contribution < 1.29 is 19.1 Å². The van der Waals surface area contributed by atoms with Gasteiger partial charge >= 0.3 is 0 Å². The molecule has 6 nitrogen and oxygen atoms in total. The lowest BCUT2D eigenvalue weighted by Gasteiger charge is -2.36. The Hall–Kier alpha value is -3.80. The van der Waals surface area contributed by atoms with E-state index in [2.05, 4.69) is 32.0 Å². The predicted octanol–water partition coefficient (Wildman–Crippen LogP) is 4.14. The molecule has 2 N–H and O–H groups in total. The number of carbonyl (C=O) groups is 2. The maximum atomic E-state index is 12.0. The molecule has 0 radical (unpaired) electrons. The van der Waals surface area contributed by atoms with Gasteiger partial charge in [-0.1, -0.05) is 35.9 Å². The number of fused-ring (bicyclic) bond motifs is 1. The smallest absolute Gasteiger partial charge is 0.248 e. The lowest BCUT2D eigenvalue weighted by atomic mass is 9.86. The summed E-state index contributed by atoms with van der Waals surface area (Å²) in [6.07, 6.45) is 2.30. The molecule has 4 rings (SSSR count). The van der Waals surface area contributed by atoms with Gasteiger partial charge in [-0.25, -0.2) is 0 Å². The van der Waals surface area contributed by atoms with Crippen LogP contribution in [0.5, 0.6) is 11.5 Å². The van der Waals surface area contributed by atoms with Gasteiger partial charge in [0.15, 0.2) is 11.5 Å². The Morgan fingerprint density at radius 3 is 2.62 bits per heavy atom. The minimum atomic E-state index is -0.448. The zero-order chi connectivity index (χ0) is 24.2. The number of nitrogens with zero attached hydrogens (tertiary/aromatic N) is 1. The molecule has 176 valence electrons. The fourth-order valence-electron chi connectivity index (χ4n) is 4.67. The molecule has 0 bridgehead atoms. The van der Waals surface area contributed by atoms with Gasteiger partial charge in [-0.15, -0.1) is 0 Å². The first kappa shape index (κ1) is 23.4. The van der Waals surface area contributed by atoms with Crippen LogP contribution < -0.4 is 15.2 Å². The number of hydrogen-bond acceptors (Lipinski definition) is 4. The van der Waals surface area contributed by atoms with Crippen LogP contribution >= 0.6 is 0 Å². The van der Waals surface area contributed by atoms with E-state index in [1.807, 2.05) is 29.2 Å². The number of aryl methyl sites for hydroxylation is 2. The maximum Gasteiger partial charge on any atom is 0.248 e. The molecule has 0 aliphatic carbocycles. The van der Waals surface area contributed by atoms with Crippen LogP contribution in [0.4, 0.5) is 0 Å². The molecule has 0 fully saturated rings. The molecule has 3 aromatic carbocycles. The lowest BCUT2D eigenvalue weighted by Crippen LogP contribution is -2.35. The monoisotopic (exact) mass is 458 g/mol. The normalized spacial score (nSPS) is 14.9. The number of benzene rings is 3. The van der Waals surface area contributed by atoms with E-state index in [4.69, 9.17) is 15.2 Å². The summed E-state index contributed by atoms with van der Waals surface area (Å²) in [5.74, 6) is 0.856. The van der Waals surface area contributed by atoms with Gasteiger partial charge in [0.2, 0.25) is 12.3 Å². The summed E-state index contributed by atoms with van der Waals surface area (Å²) in [6, 6.07) is 17.4. The number of ether oxygens (including phenoxy) is 2. The molecule has 0 saturated carbocycles. The van der Waals surface area contributed by atoms with Crippen molar-refractivity contribution in [3.05, 3.63) is 93.5 Å². The summed E-state index contributed by atoms with van der Waals surface area (Å²) < 4.78 is 11.8. The first-order valence-corrected chi connectivity index (χ1v) is 11.4. The molecule has 0 spiro atoms. The van der Waals surface area contributed by atoms with Crippen LogP contribution in [0.25, 0.3) is 0 Å². The zero-order valence-electron chi connectivity index (χ0n) is 19.8. The molecule has 3 aromatic rings. The van der Waals surface area contributed by atoms with Gasteiger partial charge in [0.25, 0.3) is 0 Å². The number of rotatable bonds is 8. The van der Waals surface area contributed by atoms with E-state index in [0.29, 0.717) is 36.6 Å². The number of nitrogens with two attached hydrogens (primary N) is 1. The van der Waals surface area contributed by atoms with Crippen LogP contribution in [-0.4, -0.2) is 37.5 Å². The molecule has 0 aromatic heterocycles. The Balaban J connectivity index is 1.64. The molecule has 1 heterocycles. The molecule has 1 atom stereocenters. The van der Waals surface area contributed by atoms with Crippen LogP contribution in [-0.2, 0) is 17.6 Å². The highest BCUT2D eigenvalue weighted by Gasteiger charge is 2.30. The van der Waals surface area contributed by atoms with Crippen LogP contribution in [0.15, 0.2) is 54.6 Å².